The monoisotopic (exact) mass is 314 g/mol. The van der Waals surface area contributed by atoms with E-state index in [4.69, 9.17) is 4.74 Å². The summed E-state index contributed by atoms with van der Waals surface area (Å²) in [4.78, 5) is 24.7. The largest absolute Gasteiger partial charge is 0.461 e. The number of carbonyl (C=O) groups is 2. The van der Waals surface area contributed by atoms with E-state index in [2.05, 4.69) is 5.32 Å². The Hall–Kier alpha value is -2.56. The number of benzene rings is 1. The zero-order valence-electron chi connectivity index (χ0n) is 14.2. The van der Waals surface area contributed by atoms with Gasteiger partial charge in [-0.15, -0.1) is 0 Å². The number of esters is 1. The van der Waals surface area contributed by atoms with Gasteiger partial charge in [-0.2, -0.15) is 0 Å². The van der Waals surface area contributed by atoms with Crippen molar-refractivity contribution in [2.75, 3.05) is 11.9 Å². The molecule has 0 fully saturated rings. The SMILES string of the molecule is CCOC(=O)c1c(C)c(C(=O)Nc2cccc(C)c2)c(C)n1C. The molecule has 2 aromatic rings. The molecule has 1 N–H and O–H groups in total. The maximum atomic E-state index is 12.6. The van der Waals surface area contributed by atoms with Crippen LogP contribution in [0.15, 0.2) is 24.3 Å². The minimum atomic E-state index is -0.412. The Labute approximate surface area is 136 Å². The van der Waals surface area contributed by atoms with E-state index in [1.165, 1.54) is 0 Å². The van der Waals surface area contributed by atoms with Crippen LogP contribution in [-0.2, 0) is 11.8 Å². The number of ether oxygens (including phenoxy) is 1. The minimum Gasteiger partial charge on any atom is -0.461 e. The number of aromatic nitrogens is 1. The molecule has 5 nitrogen and oxygen atoms in total. The van der Waals surface area contributed by atoms with Gasteiger partial charge in [0.2, 0.25) is 0 Å². The second-order valence-corrected chi connectivity index (χ2v) is 5.54. The standard InChI is InChI=1S/C18H22N2O3/c1-6-23-18(22)16-12(3)15(13(4)20(16)5)17(21)19-14-9-7-8-11(2)10-14/h7-10H,6H2,1-5H3,(H,19,21). The van der Waals surface area contributed by atoms with E-state index in [1.807, 2.05) is 38.1 Å². The van der Waals surface area contributed by atoms with Crippen molar-refractivity contribution in [3.8, 4) is 0 Å². The number of hydrogen-bond acceptors (Lipinski definition) is 3. The lowest BCUT2D eigenvalue weighted by Crippen LogP contribution is -2.14. The summed E-state index contributed by atoms with van der Waals surface area (Å²) in [5.41, 5.74) is 4.09. The van der Waals surface area contributed by atoms with Crippen LogP contribution >= 0.6 is 0 Å². The first kappa shape index (κ1) is 16.8. The fourth-order valence-electron chi connectivity index (χ4n) is 2.72. The fourth-order valence-corrected chi connectivity index (χ4v) is 2.72. The first-order chi connectivity index (χ1) is 10.9. The first-order valence-corrected chi connectivity index (χ1v) is 7.57. The van der Waals surface area contributed by atoms with Crippen molar-refractivity contribution in [2.24, 2.45) is 7.05 Å². The van der Waals surface area contributed by atoms with Gasteiger partial charge in [-0.1, -0.05) is 12.1 Å². The highest BCUT2D eigenvalue weighted by Crippen LogP contribution is 2.23. The highest BCUT2D eigenvalue weighted by atomic mass is 16.5. The summed E-state index contributed by atoms with van der Waals surface area (Å²) in [5.74, 6) is -0.637. The molecule has 1 heterocycles. The van der Waals surface area contributed by atoms with E-state index < -0.39 is 5.97 Å². The average Bonchev–Trinajstić information content (AvgIpc) is 2.69. The van der Waals surface area contributed by atoms with Gasteiger partial charge < -0.3 is 14.6 Å². The number of aryl methyl sites for hydroxylation is 1. The molecular formula is C18H22N2O3. The van der Waals surface area contributed by atoms with E-state index >= 15 is 0 Å². The quantitative estimate of drug-likeness (QED) is 0.880. The van der Waals surface area contributed by atoms with Crippen molar-refractivity contribution in [1.82, 2.24) is 4.57 Å². The van der Waals surface area contributed by atoms with Gasteiger partial charge in [0.05, 0.1) is 12.2 Å². The normalized spacial score (nSPS) is 10.5. The molecular weight excluding hydrogens is 292 g/mol. The van der Waals surface area contributed by atoms with Gasteiger partial charge in [0.1, 0.15) is 5.69 Å². The molecule has 0 bridgehead atoms. The molecule has 0 aliphatic carbocycles. The van der Waals surface area contributed by atoms with Gasteiger partial charge in [0, 0.05) is 18.4 Å². The molecule has 23 heavy (non-hydrogen) atoms. The predicted molar refractivity (Wildman–Crippen MR) is 90.0 cm³/mol. The molecule has 1 aromatic carbocycles. The number of anilines is 1. The Kier molecular flexibility index (Phi) is 4.89. The van der Waals surface area contributed by atoms with Crippen LogP contribution in [0.25, 0.3) is 0 Å². The molecule has 0 radical (unpaired) electrons. The van der Waals surface area contributed by atoms with Crippen molar-refractivity contribution < 1.29 is 14.3 Å². The minimum absolute atomic E-state index is 0.225. The molecule has 0 aliphatic rings. The third-order valence-electron chi connectivity index (χ3n) is 3.90. The van der Waals surface area contributed by atoms with Gasteiger partial charge >= 0.3 is 5.97 Å². The highest BCUT2D eigenvalue weighted by molar-refractivity contribution is 6.08. The van der Waals surface area contributed by atoms with E-state index in [9.17, 15) is 9.59 Å². The lowest BCUT2D eigenvalue weighted by Gasteiger charge is -2.07. The van der Waals surface area contributed by atoms with E-state index in [0.717, 1.165) is 16.9 Å². The van der Waals surface area contributed by atoms with E-state index in [-0.39, 0.29) is 5.91 Å². The smallest absolute Gasteiger partial charge is 0.355 e. The summed E-state index contributed by atoms with van der Waals surface area (Å²) in [7, 11) is 1.76. The Morgan fingerprint density at radius 2 is 1.91 bits per heavy atom. The lowest BCUT2D eigenvalue weighted by molar-refractivity contribution is 0.0514. The third kappa shape index (κ3) is 3.28. The zero-order chi connectivity index (χ0) is 17.1. The van der Waals surface area contributed by atoms with Crippen LogP contribution in [0, 0.1) is 20.8 Å². The summed E-state index contributed by atoms with van der Waals surface area (Å²) >= 11 is 0. The second-order valence-electron chi connectivity index (χ2n) is 5.54. The van der Waals surface area contributed by atoms with Crippen molar-refractivity contribution in [2.45, 2.75) is 27.7 Å². The molecule has 0 atom stereocenters. The molecule has 1 amide bonds. The summed E-state index contributed by atoms with van der Waals surface area (Å²) in [6.45, 7) is 7.61. The highest BCUT2D eigenvalue weighted by Gasteiger charge is 2.25. The molecule has 0 saturated heterocycles. The van der Waals surface area contributed by atoms with Crippen LogP contribution in [0.1, 0.15) is 44.6 Å². The molecule has 0 spiro atoms. The first-order valence-electron chi connectivity index (χ1n) is 7.57. The third-order valence-corrected chi connectivity index (χ3v) is 3.90. The Morgan fingerprint density at radius 1 is 1.22 bits per heavy atom. The van der Waals surface area contributed by atoms with Crippen molar-refractivity contribution in [1.29, 1.82) is 0 Å². The molecule has 0 aliphatic heterocycles. The van der Waals surface area contributed by atoms with Crippen LogP contribution in [-0.4, -0.2) is 23.1 Å². The Bertz CT molecular complexity index is 760. The Balaban J connectivity index is 2.38. The van der Waals surface area contributed by atoms with Crippen LogP contribution in [0.3, 0.4) is 0 Å². The molecule has 5 heteroatoms. The van der Waals surface area contributed by atoms with E-state index in [0.29, 0.717) is 23.4 Å². The lowest BCUT2D eigenvalue weighted by atomic mass is 10.1. The van der Waals surface area contributed by atoms with Crippen molar-refractivity contribution >= 4 is 17.6 Å². The van der Waals surface area contributed by atoms with Crippen LogP contribution in [0.5, 0.6) is 0 Å². The molecule has 0 saturated carbocycles. The maximum Gasteiger partial charge on any atom is 0.355 e. The van der Waals surface area contributed by atoms with Gasteiger partial charge in [-0.3, -0.25) is 4.79 Å². The molecule has 0 unspecified atom stereocenters. The fraction of sp³-hybridized carbons (Fsp3) is 0.333. The molecule has 122 valence electrons. The van der Waals surface area contributed by atoms with Gasteiger partial charge in [-0.05, 0) is 51.0 Å². The number of carbonyl (C=O) groups excluding carboxylic acids is 2. The van der Waals surface area contributed by atoms with Gasteiger partial charge in [0.25, 0.3) is 5.91 Å². The Morgan fingerprint density at radius 3 is 2.52 bits per heavy atom. The van der Waals surface area contributed by atoms with E-state index in [1.54, 1.807) is 25.5 Å². The summed E-state index contributed by atoms with van der Waals surface area (Å²) in [5, 5.41) is 2.89. The summed E-state index contributed by atoms with van der Waals surface area (Å²) in [6, 6.07) is 7.59. The number of nitrogens with one attached hydrogen (secondary N) is 1. The van der Waals surface area contributed by atoms with Gasteiger partial charge in [0.15, 0.2) is 0 Å². The zero-order valence-corrected chi connectivity index (χ0v) is 14.2. The van der Waals surface area contributed by atoms with Crippen LogP contribution < -0.4 is 5.32 Å². The number of nitrogens with zero attached hydrogens (tertiary/aromatic N) is 1. The van der Waals surface area contributed by atoms with Crippen molar-refractivity contribution in [3.05, 3.63) is 52.3 Å². The predicted octanol–water partition coefficient (Wildman–Crippen LogP) is 3.38. The van der Waals surface area contributed by atoms with Crippen LogP contribution in [0.4, 0.5) is 5.69 Å². The molecule has 2 rings (SSSR count). The number of rotatable bonds is 4. The summed E-state index contributed by atoms with van der Waals surface area (Å²) in [6.07, 6.45) is 0. The molecule has 1 aromatic heterocycles. The van der Waals surface area contributed by atoms with Crippen molar-refractivity contribution in [3.63, 3.8) is 0 Å². The number of hydrogen-bond donors (Lipinski definition) is 1. The second kappa shape index (κ2) is 6.69. The average molecular weight is 314 g/mol. The summed E-state index contributed by atoms with van der Waals surface area (Å²) < 4.78 is 6.79. The van der Waals surface area contributed by atoms with Gasteiger partial charge in [-0.25, -0.2) is 4.79 Å². The topological polar surface area (TPSA) is 60.3 Å². The maximum absolute atomic E-state index is 12.6. The van der Waals surface area contributed by atoms with Crippen LogP contribution in [0.2, 0.25) is 0 Å². The number of amides is 1.